The number of aromatic nitrogens is 2. The zero-order valence-corrected chi connectivity index (χ0v) is 18.6. The molecule has 2 aromatic carbocycles. The van der Waals surface area contributed by atoms with Crippen LogP contribution in [-0.4, -0.2) is 54.1 Å². The molecule has 32 heavy (non-hydrogen) atoms. The first-order valence-corrected chi connectivity index (χ1v) is 10.7. The summed E-state index contributed by atoms with van der Waals surface area (Å²) in [5.74, 6) is 1.70. The summed E-state index contributed by atoms with van der Waals surface area (Å²) in [6.07, 6.45) is 0.708. The standard InChI is InChI=1S/C25H27FN4O2/c1-17-22(16-19-8-10-20(32-3)11-9-19)24(28-18(2)27-17)29-12-14-30(15-13-29)25(31)21-6-4-5-7-23(21)26/h4-11H,12-16H2,1-3H3. The van der Waals surface area contributed by atoms with Gasteiger partial charge in [0.15, 0.2) is 0 Å². The molecule has 1 saturated heterocycles. The number of piperazine rings is 1. The van der Waals surface area contributed by atoms with Gasteiger partial charge < -0.3 is 14.5 Å². The van der Waals surface area contributed by atoms with Gasteiger partial charge in [-0.1, -0.05) is 24.3 Å². The summed E-state index contributed by atoms with van der Waals surface area (Å²) in [6.45, 7) is 6.19. The third-order valence-corrected chi connectivity index (χ3v) is 5.81. The van der Waals surface area contributed by atoms with Crippen LogP contribution in [0.25, 0.3) is 0 Å². The third kappa shape index (κ3) is 4.56. The first-order chi connectivity index (χ1) is 15.5. The Balaban J connectivity index is 1.52. The molecule has 0 atom stereocenters. The Morgan fingerprint density at radius 3 is 2.34 bits per heavy atom. The van der Waals surface area contributed by atoms with Crippen molar-refractivity contribution in [3.8, 4) is 5.75 Å². The number of anilines is 1. The number of carbonyl (C=O) groups excluding carboxylic acids is 1. The summed E-state index contributed by atoms with van der Waals surface area (Å²) in [7, 11) is 1.65. The smallest absolute Gasteiger partial charge is 0.256 e. The van der Waals surface area contributed by atoms with Crippen LogP contribution < -0.4 is 9.64 Å². The van der Waals surface area contributed by atoms with Crippen molar-refractivity contribution in [1.82, 2.24) is 14.9 Å². The van der Waals surface area contributed by atoms with Crippen LogP contribution in [0.2, 0.25) is 0 Å². The van der Waals surface area contributed by atoms with Crippen molar-refractivity contribution < 1.29 is 13.9 Å². The summed E-state index contributed by atoms with van der Waals surface area (Å²) in [5, 5.41) is 0. The molecule has 1 aromatic heterocycles. The second-order valence-corrected chi connectivity index (χ2v) is 7.94. The molecule has 1 aliphatic rings. The minimum Gasteiger partial charge on any atom is -0.497 e. The van der Waals surface area contributed by atoms with Crippen LogP contribution in [0.5, 0.6) is 5.75 Å². The maximum atomic E-state index is 14.1. The average Bonchev–Trinajstić information content (AvgIpc) is 2.81. The summed E-state index contributed by atoms with van der Waals surface area (Å²) < 4.78 is 19.3. The number of benzene rings is 2. The van der Waals surface area contributed by atoms with E-state index in [9.17, 15) is 9.18 Å². The number of carbonyl (C=O) groups is 1. The molecule has 1 aliphatic heterocycles. The van der Waals surface area contributed by atoms with Gasteiger partial charge in [0.2, 0.25) is 0 Å². The molecule has 0 radical (unpaired) electrons. The van der Waals surface area contributed by atoms with Crippen LogP contribution in [-0.2, 0) is 6.42 Å². The van der Waals surface area contributed by atoms with Gasteiger partial charge in [0, 0.05) is 43.9 Å². The second kappa shape index (κ2) is 9.34. The van der Waals surface area contributed by atoms with E-state index < -0.39 is 5.82 Å². The molecule has 0 N–H and O–H groups in total. The Morgan fingerprint density at radius 2 is 1.69 bits per heavy atom. The number of aryl methyl sites for hydroxylation is 2. The van der Waals surface area contributed by atoms with E-state index in [1.807, 2.05) is 38.1 Å². The van der Waals surface area contributed by atoms with Gasteiger partial charge in [-0.3, -0.25) is 4.79 Å². The molecule has 4 rings (SSSR count). The predicted molar refractivity (Wildman–Crippen MR) is 122 cm³/mol. The molecule has 0 bridgehead atoms. The van der Waals surface area contributed by atoms with Gasteiger partial charge in [-0.2, -0.15) is 0 Å². The van der Waals surface area contributed by atoms with Crippen molar-refractivity contribution in [3.63, 3.8) is 0 Å². The van der Waals surface area contributed by atoms with E-state index >= 15 is 0 Å². The van der Waals surface area contributed by atoms with Gasteiger partial charge in [-0.15, -0.1) is 0 Å². The highest BCUT2D eigenvalue weighted by Gasteiger charge is 2.26. The van der Waals surface area contributed by atoms with E-state index in [0.29, 0.717) is 32.6 Å². The van der Waals surface area contributed by atoms with E-state index in [4.69, 9.17) is 9.72 Å². The molecule has 166 valence electrons. The second-order valence-electron chi connectivity index (χ2n) is 7.94. The molecule has 0 aliphatic carbocycles. The van der Waals surface area contributed by atoms with Gasteiger partial charge in [0.05, 0.1) is 12.7 Å². The lowest BCUT2D eigenvalue weighted by atomic mass is 10.0. The van der Waals surface area contributed by atoms with E-state index in [2.05, 4.69) is 9.88 Å². The molecule has 0 unspecified atom stereocenters. The summed E-state index contributed by atoms with van der Waals surface area (Å²) in [4.78, 5) is 26.0. The lowest BCUT2D eigenvalue weighted by Gasteiger charge is -2.36. The number of amides is 1. The Kier molecular flexibility index (Phi) is 6.35. The van der Waals surface area contributed by atoms with Crippen molar-refractivity contribution in [2.45, 2.75) is 20.3 Å². The van der Waals surface area contributed by atoms with Crippen molar-refractivity contribution in [1.29, 1.82) is 0 Å². The minimum atomic E-state index is -0.483. The van der Waals surface area contributed by atoms with Crippen LogP contribution >= 0.6 is 0 Å². The van der Waals surface area contributed by atoms with E-state index in [1.165, 1.54) is 12.1 Å². The van der Waals surface area contributed by atoms with Gasteiger partial charge in [0.1, 0.15) is 23.2 Å². The largest absolute Gasteiger partial charge is 0.497 e. The van der Waals surface area contributed by atoms with Gasteiger partial charge in [0.25, 0.3) is 5.91 Å². The van der Waals surface area contributed by atoms with Crippen LogP contribution in [0.4, 0.5) is 10.2 Å². The fourth-order valence-electron chi connectivity index (χ4n) is 4.06. The summed E-state index contributed by atoms with van der Waals surface area (Å²) >= 11 is 0. The molecule has 0 spiro atoms. The van der Waals surface area contributed by atoms with Crippen molar-refractivity contribution in [3.05, 3.63) is 82.6 Å². The van der Waals surface area contributed by atoms with Gasteiger partial charge in [-0.25, -0.2) is 14.4 Å². The Labute approximate surface area is 187 Å². The Hall–Kier alpha value is -3.48. The quantitative estimate of drug-likeness (QED) is 0.612. The van der Waals surface area contributed by atoms with E-state index in [1.54, 1.807) is 24.1 Å². The van der Waals surface area contributed by atoms with Gasteiger partial charge in [-0.05, 0) is 43.7 Å². The molecule has 6 nitrogen and oxygen atoms in total. The van der Waals surface area contributed by atoms with E-state index in [-0.39, 0.29) is 11.5 Å². The fraction of sp³-hybridized carbons (Fsp3) is 0.320. The summed E-state index contributed by atoms with van der Waals surface area (Å²) in [6, 6.07) is 14.1. The van der Waals surface area contributed by atoms with Crippen LogP contribution in [0.1, 0.15) is 33.0 Å². The molecular formula is C25H27FN4O2. The molecular weight excluding hydrogens is 407 g/mol. The fourth-order valence-corrected chi connectivity index (χ4v) is 4.06. The zero-order valence-electron chi connectivity index (χ0n) is 18.6. The van der Waals surface area contributed by atoms with Crippen molar-refractivity contribution >= 4 is 11.7 Å². The number of nitrogens with zero attached hydrogens (tertiary/aromatic N) is 4. The topological polar surface area (TPSA) is 58.6 Å². The maximum absolute atomic E-state index is 14.1. The normalized spacial score (nSPS) is 13.9. The Bertz CT molecular complexity index is 1110. The zero-order chi connectivity index (χ0) is 22.7. The van der Waals surface area contributed by atoms with Crippen LogP contribution in [0.15, 0.2) is 48.5 Å². The number of methoxy groups -OCH3 is 1. The molecule has 0 saturated carbocycles. The highest BCUT2D eigenvalue weighted by atomic mass is 19.1. The number of halogens is 1. The molecule has 2 heterocycles. The lowest BCUT2D eigenvalue weighted by Crippen LogP contribution is -2.49. The monoisotopic (exact) mass is 434 g/mol. The van der Waals surface area contributed by atoms with Crippen LogP contribution in [0, 0.1) is 19.7 Å². The average molecular weight is 435 g/mol. The predicted octanol–water partition coefficient (Wildman–Crippen LogP) is 3.79. The van der Waals surface area contributed by atoms with E-state index in [0.717, 1.165) is 34.2 Å². The van der Waals surface area contributed by atoms with Crippen molar-refractivity contribution in [2.75, 3.05) is 38.2 Å². The third-order valence-electron chi connectivity index (χ3n) is 5.81. The highest BCUT2D eigenvalue weighted by molar-refractivity contribution is 5.94. The molecule has 7 heteroatoms. The Morgan fingerprint density at radius 1 is 1.00 bits per heavy atom. The number of hydrogen-bond donors (Lipinski definition) is 0. The first-order valence-electron chi connectivity index (χ1n) is 10.7. The number of rotatable bonds is 5. The summed E-state index contributed by atoms with van der Waals surface area (Å²) in [5.41, 5.74) is 3.30. The SMILES string of the molecule is COc1ccc(Cc2c(C)nc(C)nc2N2CCN(C(=O)c3ccccc3F)CC2)cc1. The first kappa shape index (κ1) is 21.7. The maximum Gasteiger partial charge on any atom is 0.256 e. The lowest BCUT2D eigenvalue weighted by molar-refractivity contribution is 0.0741. The van der Waals surface area contributed by atoms with Gasteiger partial charge >= 0.3 is 0 Å². The van der Waals surface area contributed by atoms with Crippen LogP contribution in [0.3, 0.4) is 0 Å². The minimum absolute atomic E-state index is 0.120. The number of ether oxygens (including phenoxy) is 1. The number of hydrogen-bond acceptors (Lipinski definition) is 5. The van der Waals surface area contributed by atoms with Crippen molar-refractivity contribution in [2.24, 2.45) is 0 Å². The highest BCUT2D eigenvalue weighted by Crippen LogP contribution is 2.26. The molecule has 3 aromatic rings. The molecule has 1 fully saturated rings. The molecule has 1 amide bonds.